The Balaban J connectivity index is 1.70. The van der Waals surface area contributed by atoms with Gasteiger partial charge < -0.3 is 5.73 Å². The van der Waals surface area contributed by atoms with Crippen molar-refractivity contribution < 1.29 is 0 Å². The van der Waals surface area contributed by atoms with E-state index in [1.54, 1.807) is 11.8 Å². The summed E-state index contributed by atoms with van der Waals surface area (Å²) < 4.78 is 0. The van der Waals surface area contributed by atoms with Crippen LogP contribution >= 0.6 is 23.4 Å². The minimum atomic E-state index is 0.648. The van der Waals surface area contributed by atoms with Gasteiger partial charge in [-0.1, -0.05) is 49.9 Å². The van der Waals surface area contributed by atoms with Crippen LogP contribution in [0.3, 0.4) is 0 Å². The maximum atomic E-state index is 6.51. The van der Waals surface area contributed by atoms with Gasteiger partial charge >= 0.3 is 0 Å². The first-order valence-corrected chi connectivity index (χ1v) is 11.2. The molecule has 2 N–H and O–H groups in total. The van der Waals surface area contributed by atoms with Gasteiger partial charge in [0.25, 0.3) is 0 Å². The molecular weight excluding hydrogens is 360 g/mol. The van der Waals surface area contributed by atoms with E-state index in [4.69, 9.17) is 22.3 Å². The Hall–Kier alpha value is -1.03. The highest BCUT2D eigenvalue weighted by molar-refractivity contribution is 7.98. The maximum Gasteiger partial charge on any atom is 0.0544 e. The Morgan fingerprint density at radius 1 is 1.15 bits per heavy atom. The summed E-state index contributed by atoms with van der Waals surface area (Å²) in [5.74, 6) is 1.56. The molecule has 0 saturated heterocycles. The zero-order valence-corrected chi connectivity index (χ0v) is 17.2. The minimum absolute atomic E-state index is 0.648. The van der Waals surface area contributed by atoms with Gasteiger partial charge in [0.05, 0.1) is 10.7 Å². The van der Waals surface area contributed by atoms with Gasteiger partial charge in [-0.05, 0) is 67.0 Å². The normalized spacial score (nSPS) is 15.3. The Morgan fingerprint density at radius 3 is 2.62 bits per heavy atom. The number of thioether (sulfide) groups is 1. The van der Waals surface area contributed by atoms with E-state index in [1.165, 1.54) is 53.7 Å². The maximum absolute atomic E-state index is 6.51. The lowest BCUT2D eigenvalue weighted by Crippen LogP contribution is -2.07. The van der Waals surface area contributed by atoms with Crippen molar-refractivity contribution in [3.8, 4) is 0 Å². The Bertz CT molecular complexity index is 709. The second-order valence-electron chi connectivity index (χ2n) is 7.11. The molecule has 2 nitrogen and oxygen atoms in total. The Morgan fingerprint density at radius 2 is 1.96 bits per heavy atom. The topological polar surface area (TPSA) is 38.9 Å². The average molecular weight is 389 g/mol. The highest BCUT2D eigenvalue weighted by atomic mass is 35.5. The average Bonchev–Trinajstić information content (AvgIpc) is 2.69. The molecule has 0 aliphatic heterocycles. The minimum Gasteiger partial charge on any atom is -0.330 e. The number of rotatable bonds is 7. The molecule has 26 heavy (non-hydrogen) atoms. The molecule has 1 aromatic carbocycles. The van der Waals surface area contributed by atoms with E-state index in [1.807, 2.05) is 6.07 Å². The van der Waals surface area contributed by atoms with E-state index in [0.29, 0.717) is 12.5 Å². The fourth-order valence-electron chi connectivity index (χ4n) is 3.89. The molecule has 0 radical (unpaired) electrons. The number of benzene rings is 1. The summed E-state index contributed by atoms with van der Waals surface area (Å²) >= 11 is 8.29. The van der Waals surface area contributed by atoms with E-state index < -0.39 is 0 Å². The summed E-state index contributed by atoms with van der Waals surface area (Å²) in [6.07, 6.45) is 10.7. The van der Waals surface area contributed by atoms with Crippen molar-refractivity contribution in [2.75, 3.05) is 6.54 Å². The quantitative estimate of drug-likeness (QED) is 0.579. The third-order valence-electron chi connectivity index (χ3n) is 5.37. The van der Waals surface area contributed by atoms with Crippen molar-refractivity contribution in [1.82, 2.24) is 4.98 Å². The van der Waals surface area contributed by atoms with Crippen molar-refractivity contribution in [3.63, 3.8) is 0 Å². The van der Waals surface area contributed by atoms with Gasteiger partial charge in [0.1, 0.15) is 0 Å². The van der Waals surface area contributed by atoms with Gasteiger partial charge in [-0.15, -0.1) is 11.8 Å². The molecule has 0 spiro atoms. The van der Waals surface area contributed by atoms with E-state index in [2.05, 4.69) is 31.3 Å². The molecule has 4 heteroatoms. The van der Waals surface area contributed by atoms with Crippen LogP contribution in [0.5, 0.6) is 0 Å². The first-order chi connectivity index (χ1) is 12.7. The first kappa shape index (κ1) is 19.7. The second-order valence-corrected chi connectivity index (χ2v) is 8.51. The van der Waals surface area contributed by atoms with Crippen LogP contribution in [-0.2, 0) is 18.6 Å². The zero-order chi connectivity index (χ0) is 18.4. The first-order valence-electron chi connectivity index (χ1n) is 9.80. The van der Waals surface area contributed by atoms with Crippen LogP contribution in [0.25, 0.3) is 0 Å². The monoisotopic (exact) mass is 388 g/mol. The van der Waals surface area contributed by atoms with Gasteiger partial charge in [-0.2, -0.15) is 0 Å². The van der Waals surface area contributed by atoms with Gasteiger partial charge in [0, 0.05) is 16.8 Å². The largest absolute Gasteiger partial charge is 0.330 e. The standard InChI is InChI=1S/C22H29ClN2S/c1-2-16-9-11-21(23)22(20(16)12-13-24)26-15-19-10-8-18(14-25-19)17-6-4-3-5-7-17/h8-11,14,17H,2-7,12-13,15,24H2,1H3. The van der Waals surface area contributed by atoms with Crippen LogP contribution in [0.2, 0.25) is 5.02 Å². The van der Waals surface area contributed by atoms with Gasteiger partial charge in [-0.25, -0.2) is 0 Å². The fourth-order valence-corrected chi connectivity index (χ4v) is 5.31. The van der Waals surface area contributed by atoms with Crippen LogP contribution in [0, 0.1) is 0 Å². The molecule has 140 valence electrons. The van der Waals surface area contributed by atoms with Crippen LogP contribution in [-0.4, -0.2) is 11.5 Å². The van der Waals surface area contributed by atoms with Crippen LogP contribution < -0.4 is 5.73 Å². The number of nitrogens with zero attached hydrogens (tertiary/aromatic N) is 1. The highest BCUT2D eigenvalue weighted by Crippen LogP contribution is 2.36. The molecule has 1 aromatic heterocycles. The Labute approximate surface area is 166 Å². The lowest BCUT2D eigenvalue weighted by atomic mass is 9.85. The predicted octanol–water partition coefficient (Wildman–Crippen LogP) is 6.14. The molecular formula is C22H29ClN2S. The molecule has 3 rings (SSSR count). The fraction of sp³-hybridized carbons (Fsp3) is 0.500. The summed E-state index contributed by atoms with van der Waals surface area (Å²) in [4.78, 5) is 5.90. The molecule has 0 amide bonds. The van der Waals surface area contributed by atoms with Crippen LogP contribution in [0.15, 0.2) is 35.4 Å². The van der Waals surface area contributed by atoms with Crippen LogP contribution in [0.4, 0.5) is 0 Å². The summed E-state index contributed by atoms with van der Waals surface area (Å²) in [6, 6.07) is 8.62. The number of pyridine rings is 1. The van der Waals surface area contributed by atoms with Crippen LogP contribution in [0.1, 0.15) is 67.3 Å². The van der Waals surface area contributed by atoms with E-state index in [9.17, 15) is 0 Å². The SMILES string of the molecule is CCc1ccc(Cl)c(SCc2ccc(C3CCCCC3)cn2)c1CCN. The molecule has 0 unspecified atom stereocenters. The number of aromatic nitrogens is 1. The summed E-state index contributed by atoms with van der Waals surface area (Å²) in [5, 5.41) is 0.828. The van der Waals surface area contributed by atoms with Crippen molar-refractivity contribution in [2.24, 2.45) is 5.73 Å². The van der Waals surface area contributed by atoms with Crippen molar-refractivity contribution in [3.05, 3.63) is 57.9 Å². The van der Waals surface area contributed by atoms with E-state index >= 15 is 0 Å². The molecule has 1 aliphatic rings. The summed E-state index contributed by atoms with van der Waals surface area (Å²) in [5.41, 5.74) is 11.0. The molecule has 1 aliphatic carbocycles. The molecule has 1 heterocycles. The number of hydrogen-bond acceptors (Lipinski definition) is 3. The zero-order valence-electron chi connectivity index (χ0n) is 15.6. The van der Waals surface area contributed by atoms with Crippen molar-refractivity contribution in [1.29, 1.82) is 0 Å². The lowest BCUT2D eigenvalue weighted by molar-refractivity contribution is 0.443. The third-order valence-corrected chi connectivity index (χ3v) is 7.00. The molecule has 0 bridgehead atoms. The number of nitrogens with two attached hydrogens (primary N) is 1. The van der Waals surface area contributed by atoms with Gasteiger partial charge in [0.15, 0.2) is 0 Å². The predicted molar refractivity (Wildman–Crippen MR) is 113 cm³/mol. The second kappa shape index (κ2) is 9.77. The number of aryl methyl sites for hydroxylation is 1. The molecule has 2 aromatic rings. The van der Waals surface area contributed by atoms with Gasteiger partial charge in [0.2, 0.25) is 0 Å². The summed E-state index contributed by atoms with van der Waals surface area (Å²) in [6.45, 7) is 2.83. The number of halogens is 1. The summed E-state index contributed by atoms with van der Waals surface area (Å²) in [7, 11) is 0. The van der Waals surface area contributed by atoms with E-state index in [-0.39, 0.29) is 0 Å². The lowest BCUT2D eigenvalue weighted by Gasteiger charge is -2.21. The third kappa shape index (κ3) is 4.82. The van der Waals surface area contributed by atoms with Crippen molar-refractivity contribution >= 4 is 23.4 Å². The molecule has 1 fully saturated rings. The van der Waals surface area contributed by atoms with Crippen molar-refractivity contribution in [2.45, 2.75) is 68.4 Å². The molecule has 1 saturated carbocycles. The van der Waals surface area contributed by atoms with Gasteiger partial charge in [-0.3, -0.25) is 4.98 Å². The smallest absolute Gasteiger partial charge is 0.0544 e. The molecule has 0 atom stereocenters. The highest BCUT2D eigenvalue weighted by Gasteiger charge is 2.16. The van der Waals surface area contributed by atoms with E-state index in [0.717, 1.165) is 29.3 Å². The Kier molecular flexibility index (Phi) is 7.42. The number of hydrogen-bond donors (Lipinski definition) is 1.